The second-order valence-electron chi connectivity index (χ2n) is 7.98. The van der Waals surface area contributed by atoms with Crippen LogP contribution in [0.4, 0.5) is 5.69 Å². The molecule has 3 aromatic rings. The van der Waals surface area contributed by atoms with Crippen LogP contribution in [-0.4, -0.2) is 29.8 Å². The lowest BCUT2D eigenvalue weighted by Gasteiger charge is -2.14. The largest absolute Gasteiger partial charge is 0.399 e. The highest BCUT2D eigenvalue weighted by atomic mass is 32.2. The van der Waals surface area contributed by atoms with Crippen LogP contribution in [0.1, 0.15) is 29.8 Å². The minimum Gasteiger partial charge on any atom is -0.399 e. The van der Waals surface area contributed by atoms with Crippen LogP contribution in [0, 0.1) is 5.92 Å². The highest BCUT2D eigenvalue weighted by Gasteiger charge is 2.36. The van der Waals surface area contributed by atoms with Crippen LogP contribution in [0.3, 0.4) is 0 Å². The zero-order valence-corrected chi connectivity index (χ0v) is 16.5. The van der Waals surface area contributed by atoms with E-state index in [9.17, 15) is 8.42 Å². The van der Waals surface area contributed by atoms with Crippen molar-refractivity contribution in [2.24, 2.45) is 5.92 Å². The number of nitrogens with two attached hydrogens (primary N) is 1. The fraction of sp³-hybridized carbons (Fsp3) is 0.381. The second-order valence-corrected chi connectivity index (χ2v) is 10.0. The number of hydrogen-bond donors (Lipinski definition) is 2. The summed E-state index contributed by atoms with van der Waals surface area (Å²) in [5.74, 6) is 0.277. The number of rotatable bonds is 6. The van der Waals surface area contributed by atoms with E-state index in [-0.39, 0.29) is 11.2 Å². The van der Waals surface area contributed by atoms with Crippen LogP contribution in [0.2, 0.25) is 0 Å². The van der Waals surface area contributed by atoms with Crippen molar-refractivity contribution in [1.29, 1.82) is 0 Å². The van der Waals surface area contributed by atoms with Gasteiger partial charge in [0.15, 0.2) is 0 Å². The van der Waals surface area contributed by atoms with Crippen molar-refractivity contribution in [3.63, 3.8) is 0 Å². The molecule has 1 atom stereocenters. The first-order valence-corrected chi connectivity index (χ1v) is 11.3. The molecule has 1 unspecified atom stereocenters. The number of benzene rings is 1. The van der Waals surface area contributed by atoms with Crippen molar-refractivity contribution in [3.8, 4) is 0 Å². The number of fused-ring (bicyclic) bond motifs is 3. The molecule has 0 saturated heterocycles. The van der Waals surface area contributed by atoms with E-state index in [0.717, 1.165) is 37.1 Å². The van der Waals surface area contributed by atoms with E-state index in [0.29, 0.717) is 13.1 Å². The van der Waals surface area contributed by atoms with E-state index in [1.807, 2.05) is 36.5 Å². The molecular weight excluding hydrogens is 372 g/mol. The SMILES string of the molecule is Nc1ccc2c(c1)c1c(n2Cc2ccccn2)CC(CNS(=O)(=O)C2CC2)C1. The molecule has 2 aromatic heterocycles. The monoisotopic (exact) mass is 396 g/mol. The quantitative estimate of drug-likeness (QED) is 0.626. The highest BCUT2D eigenvalue weighted by molar-refractivity contribution is 7.90. The molecule has 2 heterocycles. The van der Waals surface area contributed by atoms with Crippen molar-refractivity contribution < 1.29 is 8.42 Å². The van der Waals surface area contributed by atoms with Gasteiger partial charge >= 0.3 is 0 Å². The Morgan fingerprint density at radius 2 is 2.04 bits per heavy atom. The van der Waals surface area contributed by atoms with Crippen molar-refractivity contribution in [3.05, 3.63) is 59.5 Å². The molecule has 2 aliphatic rings. The van der Waals surface area contributed by atoms with Crippen LogP contribution >= 0.6 is 0 Å². The third-order valence-corrected chi connectivity index (χ3v) is 7.79. The molecule has 0 bridgehead atoms. The summed E-state index contributed by atoms with van der Waals surface area (Å²) < 4.78 is 29.5. The molecule has 146 valence electrons. The molecule has 0 amide bonds. The Balaban J connectivity index is 1.45. The van der Waals surface area contributed by atoms with Crippen LogP contribution in [0.25, 0.3) is 10.9 Å². The maximum absolute atomic E-state index is 12.2. The van der Waals surface area contributed by atoms with Crippen LogP contribution in [0.15, 0.2) is 42.6 Å². The van der Waals surface area contributed by atoms with E-state index in [4.69, 9.17) is 5.73 Å². The van der Waals surface area contributed by atoms with E-state index in [1.54, 1.807) is 0 Å². The average molecular weight is 397 g/mol. The fourth-order valence-corrected chi connectivity index (χ4v) is 5.76. The number of nitrogens with zero attached hydrogens (tertiary/aromatic N) is 2. The van der Waals surface area contributed by atoms with Gasteiger partial charge in [-0.15, -0.1) is 0 Å². The van der Waals surface area contributed by atoms with Crippen molar-refractivity contribution in [2.75, 3.05) is 12.3 Å². The normalized spacial score (nSPS) is 19.2. The Labute approximate surface area is 164 Å². The zero-order chi connectivity index (χ0) is 19.3. The Hall–Kier alpha value is -2.38. The topological polar surface area (TPSA) is 90.0 Å². The first kappa shape index (κ1) is 17.7. The maximum atomic E-state index is 12.2. The number of aromatic nitrogens is 2. The molecule has 3 N–H and O–H groups in total. The predicted octanol–water partition coefficient (Wildman–Crippen LogP) is 2.46. The summed E-state index contributed by atoms with van der Waals surface area (Å²) in [6.07, 6.45) is 5.13. The summed E-state index contributed by atoms with van der Waals surface area (Å²) >= 11 is 0. The van der Waals surface area contributed by atoms with Crippen molar-refractivity contribution >= 4 is 26.6 Å². The van der Waals surface area contributed by atoms with Crippen LogP contribution in [0.5, 0.6) is 0 Å². The van der Waals surface area contributed by atoms with Crippen molar-refractivity contribution in [1.82, 2.24) is 14.3 Å². The number of nitrogens with one attached hydrogen (secondary N) is 1. The summed E-state index contributed by atoms with van der Waals surface area (Å²) in [5.41, 5.74) is 11.6. The zero-order valence-electron chi connectivity index (χ0n) is 15.6. The summed E-state index contributed by atoms with van der Waals surface area (Å²) in [6.45, 7) is 1.21. The molecule has 5 rings (SSSR count). The van der Waals surface area contributed by atoms with Gasteiger partial charge in [0.25, 0.3) is 0 Å². The molecule has 1 saturated carbocycles. The highest BCUT2D eigenvalue weighted by Crippen LogP contribution is 2.37. The van der Waals surface area contributed by atoms with Crippen molar-refractivity contribution in [2.45, 2.75) is 37.5 Å². The van der Waals surface area contributed by atoms with Gasteiger partial charge in [0.1, 0.15) is 0 Å². The molecule has 0 spiro atoms. The molecule has 2 aliphatic carbocycles. The summed E-state index contributed by atoms with van der Waals surface area (Å²) in [5, 5.41) is 1.01. The number of hydrogen-bond acceptors (Lipinski definition) is 4. The van der Waals surface area contributed by atoms with Crippen LogP contribution < -0.4 is 10.5 Å². The number of sulfonamides is 1. The molecule has 0 aliphatic heterocycles. The average Bonchev–Trinajstić information content (AvgIpc) is 3.41. The Kier molecular flexibility index (Phi) is 4.17. The van der Waals surface area contributed by atoms with Gasteiger partial charge in [-0.25, -0.2) is 13.1 Å². The summed E-state index contributed by atoms with van der Waals surface area (Å²) in [4.78, 5) is 4.48. The standard InChI is InChI=1S/C21H24N4O2S/c22-15-4-7-20-19(11-15)18-9-14(12-24-28(26,27)17-5-6-17)10-21(18)25(20)13-16-3-1-2-8-23-16/h1-4,7-8,11,14,17,24H,5-6,9-10,12-13,22H2. The van der Waals surface area contributed by atoms with Gasteiger partial charge in [-0.1, -0.05) is 6.07 Å². The first-order valence-electron chi connectivity index (χ1n) is 9.79. The predicted molar refractivity (Wildman–Crippen MR) is 111 cm³/mol. The molecule has 28 heavy (non-hydrogen) atoms. The fourth-order valence-electron chi connectivity index (χ4n) is 4.30. The van der Waals surface area contributed by atoms with E-state index in [1.165, 1.54) is 22.2 Å². The lowest BCUT2D eigenvalue weighted by molar-refractivity contribution is 0.520. The first-order chi connectivity index (χ1) is 13.5. The molecular formula is C21H24N4O2S. The molecule has 1 aromatic carbocycles. The van der Waals surface area contributed by atoms with E-state index < -0.39 is 10.0 Å². The van der Waals surface area contributed by atoms with Gasteiger partial charge in [0.2, 0.25) is 10.0 Å². The molecule has 7 heteroatoms. The molecule has 6 nitrogen and oxygen atoms in total. The van der Waals surface area contributed by atoms with Gasteiger partial charge in [0.05, 0.1) is 17.5 Å². The van der Waals surface area contributed by atoms with Gasteiger partial charge in [-0.05, 0) is 67.5 Å². The summed E-state index contributed by atoms with van der Waals surface area (Å²) in [6, 6.07) is 12.0. The number of nitrogen functional groups attached to an aromatic ring is 1. The Morgan fingerprint density at radius 3 is 2.79 bits per heavy atom. The lowest BCUT2D eigenvalue weighted by atomic mass is 10.0. The smallest absolute Gasteiger partial charge is 0.214 e. The molecule has 1 fully saturated rings. The number of pyridine rings is 1. The van der Waals surface area contributed by atoms with E-state index >= 15 is 0 Å². The summed E-state index contributed by atoms with van der Waals surface area (Å²) in [7, 11) is -3.14. The number of anilines is 1. The third-order valence-electron chi connectivity index (χ3n) is 5.87. The lowest BCUT2D eigenvalue weighted by Crippen LogP contribution is -2.32. The Bertz CT molecular complexity index is 1130. The molecule has 0 radical (unpaired) electrons. The van der Waals surface area contributed by atoms with Gasteiger partial charge in [-0.2, -0.15) is 0 Å². The van der Waals surface area contributed by atoms with Gasteiger partial charge in [0, 0.05) is 35.0 Å². The second kappa shape index (κ2) is 6.60. The van der Waals surface area contributed by atoms with Crippen LogP contribution in [-0.2, 0) is 29.4 Å². The Morgan fingerprint density at radius 1 is 1.18 bits per heavy atom. The third kappa shape index (κ3) is 3.18. The minimum absolute atomic E-state index is 0.171. The minimum atomic E-state index is -3.14. The van der Waals surface area contributed by atoms with Gasteiger partial charge in [-0.3, -0.25) is 4.98 Å². The van der Waals surface area contributed by atoms with E-state index in [2.05, 4.69) is 20.3 Å². The maximum Gasteiger partial charge on any atom is 0.214 e. The van der Waals surface area contributed by atoms with Gasteiger partial charge < -0.3 is 10.3 Å².